The maximum absolute atomic E-state index is 5.76. The van der Waals surface area contributed by atoms with Crippen LogP contribution in [0.25, 0.3) is 0 Å². The molecular formula is C8H9BrClNO. The minimum atomic E-state index is 0. The van der Waals surface area contributed by atoms with Crippen LogP contribution in [-0.4, -0.2) is 6.61 Å². The van der Waals surface area contributed by atoms with Crippen LogP contribution in [0.3, 0.4) is 0 Å². The fraction of sp³-hybridized carbons (Fsp3) is 0.250. The quantitative estimate of drug-likeness (QED) is 0.767. The monoisotopic (exact) mass is 249 g/mol. The van der Waals surface area contributed by atoms with Crippen LogP contribution < -0.4 is 10.5 Å². The second-order valence-corrected chi connectivity index (χ2v) is 3.52. The number of fused-ring (bicyclic) bond motifs is 1. The summed E-state index contributed by atoms with van der Waals surface area (Å²) in [6, 6.07) is 5.98. The topological polar surface area (TPSA) is 35.2 Å². The summed E-state index contributed by atoms with van der Waals surface area (Å²) in [5.41, 5.74) is 6.86. The smallest absolute Gasteiger partial charge is 0.125 e. The third-order valence-electron chi connectivity index (χ3n) is 1.79. The predicted octanol–water partition coefficient (Wildman–Crippen LogP) is 2.26. The minimum absolute atomic E-state index is 0. The molecule has 1 aliphatic rings. The molecule has 1 aromatic rings. The van der Waals surface area contributed by atoms with Crippen molar-refractivity contribution in [2.75, 3.05) is 6.61 Å². The molecule has 12 heavy (non-hydrogen) atoms. The van der Waals surface area contributed by atoms with Gasteiger partial charge < -0.3 is 10.5 Å². The second-order valence-electron chi connectivity index (χ2n) is 2.60. The van der Waals surface area contributed by atoms with Crippen LogP contribution in [0.2, 0.25) is 0 Å². The largest absolute Gasteiger partial charge is 0.491 e. The lowest BCUT2D eigenvalue weighted by atomic mass is 10.1. The summed E-state index contributed by atoms with van der Waals surface area (Å²) in [6.45, 7) is 0.603. The van der Waals surface area contributed by atoms with Gasteiger partial charge in [-0.25, -0.2) is 0 Å². The Hall–Kier alpha value is -0.250. The Labute approximate surface area is 85.6 Å². The average Bonchev–Trinajstić information content (AvgIpc) is 2.32. The van der Waals surface area contributed by atoms with Crippen molar-refractivity contribution in [2.24, 2.45) is 5.73 Å². The molecule has 1 unspecified atom stereocenters. The molecule has 0 fully saturated rings. The van der Waals surface area contributed by atoms with Gasteiger partial charge in [0.2, 0.25) is 0 Å². The van der Waals surface area contributed by atoms with Crippen molar-refractivity contribution in [1.82, 2.24) is 0 Å². The van der Waals surface area contributed by atoms with Crippen molar-refractivity contribution in [3.8, 4) is 5.75 Å². The van der Waals surface area contributed by atoms with Gasteiger partial charge in [0.15, 0.2) is 0 Å². The molecule has 2 rings (SSSR count). The highest BCUT2D eigenvalue weighted by atomic mass is 79.9. The fourth-order valence-corrected chi connectivity index (χ4v) is 1.55. The third kappa shape index (κ3) is 1.58. The van der Waals surface area contributed by atoms with Crippen LogP contribution in [0.4, 0.5) is 0 Å². The van der Waals surface area contributed by atoms with E-state index < -0.39 is 0 Å². The molecule has 1 aromatic carbocycles. The molecule has 2 nitrogen and oxygen atoms in total. The molecule has 0 saturated carbocycles. The Morgan fingerprint density at radius 2 is 2.25 bits per heavy atom. The van der Waals surface area contributed by atoms with Gasteiger partial charge in [-0.3, -0.25) is 0 Å². The molecule has 66 valence electrons. The summed E-state index contributed by atoms with van der Waals surface area (Å²) in [5.74, 6) is 0.909. The van der Waals surface area contributed by atoms with E-state index >= 15 is 0 Å². The Balaban J connectivity index is 0.000000720. The Bertz CT molecular complexity index is 292. The van der Waals surface area contributed by atoms with Gasteiger partial charge in [0.25, 0.3) is 0 Å². The summed E-state index contributed by atoms with van der Waals surface area (Å²) >= 11 is 3.36. The van der Waals surface area contributed by atoms with E-state index in [0.29, 0.717) is 6.61 Å². The molecule has 1 atom stereocenters. The average molecular weight is 251 g/mol. The summed E-state index contributed by atoms with van der Waals surface area (Å²) < 4.78 is 6.37. The van der Waals surface area contributed by atoms with Crippen molar-refractivity contribution < 1.29 is 4.74 Å². The highest BCUT2D eigenvalue weighted by molar-refractivity contribution is 9.10. The van der Waals surface area contributed by atoms with Crippen LogP contribution in [0.15, 0.2) is 22.7 Å². The van der Waals surface area contributed by atoms with Gasteiger partial charge in [-0.05, 0) is 12.1 Å². The van der Waals surface area contributed by atoms with Crippen LogP contribution in [-0.2, 0) is 0 Å². The molecule has 1 heterocycles. The molecule has 0 radical (unpaired) electrons. The predicted molar refractivity (Wildman–Crippen MR) is 53.8 cm³/mol. The Morgan fingerprint density at radius 3 is 3.00 bits per heavy atom. The molecule has 0 amide bonds. The van der Waals surface area contributed by atoms with E-state index in [9.17, 15) is 0 Å². The van der Waals surface area contributed by atoms with E-state index in [1.54, 1.807) is 0 Å². The van der Waals surface area contributed by atoms with E-state index in [1.807, 2.05) is 18.2 Å². The van der Waals surface area contributed by atoms with Gasteiger partial charge in [-0.2, -0.15) is 0 Å². The first-order valence-corrected chi connectivity index (χ1v) is 4.24. The van der Waals surface area contributed by atoms with Gasteiger partial charge in [0.05, 0.1) is 6.04 Å². The molecule has 2 N–H and O–H groups in total. The highest BCUT2D eigenvalue weighted by Gasteiger charge is 2.19. The standard InChI is InChI=1S/C8H8BrNO.ClH/c9-5-1-2-6-7(10)4-11-8(6)3-5;/h1-3,7H,4,10H2;1H. The van der Waals surface area contributed by atoms with Crippen LogP contribution >= 0.6 is 28.3 Å². The number of rotatable bonds is 0. The molecule has 0 spiro atoms. The zero-order valence-electron chi connectivity index (χ0n) is 6.29. The number of hydrogen-bond acceptors (Lipinski definition) is 2. The van der Waals surface area contributed by atoms with Crippen molar-refractivity contribution >= 4 is 28.3 Å². The van der Waals surface area contributed by atoms with Gasteiger partial charge in [-0.15, -0.1) is 12.4 Å². The third-order valence-corrected chi connectivity index (χ3v) is 2.29. The molecule has 0 bridgehead atoms. The summed E-state index contributed by atoms with van der Waals surface area (Å²) in [7, 11) is 0. The van der Waals surface area contributed by atoms with Crippen molar-refractivity contribution in [3.05, 3.63) is 28.2 Å². The molecule has 0 aliphatic carbocycles. The van der Waals surface area contributed by atoms with Gasteiger partial charge in [-0.1, -0.05) is 22.0 Å². The van der Waals surface area contributed by atoms with E-state index in [4.69, 9.17) is 10.5 Å². The van der Waals surface area contributed by atoms with Crippen molar-refractivity contribution in [1.29, 1.82) is 0 Å². The number of nitrogens with two attached hydrogens (primary N) is 1. The van der Waals surface area contributed by atoms with E-state index in [0.717, 1.165) is 15.8 Å². The zero-order valence-corrected chi connectivity index (χ0v) is 8.69. The van der Waals surface area contributed by atoms with Crippen LogP contribution in [0, 0.1) is 0 Å². The summed E-state index contributed by atoms with van der Waals surface area (Å²) in [6.07, 6.45) is 0. The van der Waals surface area contributed by atoms with Crippen LogP contribution in [0.5, 0.6) is 5.75 Å². The zero-order chi connectivity index (χ0) is 7.84. The molecule has 0 saturated heterocycles. The molecular weight excluding hydrogens is 241 g/mol. The maximum Gasteiger partial charge on any atom is 0.125 e. The van der Waals surface area contributed by atoms with E-state index in [2.05, 4.69) is 15.9 Å². The van der Waals surface area contributed by atoms with E-state index in [-0.39, 0.29) is 18.4 Å². The number of hydrogen-bond donors (Lipinski definition) is 1. The SMILES string of the molecule is Cl.NC1COc2cc(Br)ccc21. The van der Waals surface area contributed by atoms with Gasteiger partial charge in [0, 0.05) is 10.0 Å². The van der Waals surface area contributed by atoms with Gasteiger partial charge >= 0.3 is 0 Å². The van der Waals surface area contributed by atoms with Crippen LogP contribution in [0.1, 0.15) is 11.6 Å². The normalized spacial score (nSPS) is 19.3. The maximum atomic E-state index is 5.76. The molecule has 4 heteroatoms. The lowest BCUT2D eigenvalue weighted by Gasteiger charge is -1.99. The van der Waals surface area contributed by atoms with E-state index in [1.165, 1.54) is 0 Å². The van der Waals surface area contributed by atoms with Crippen molar-refractivity contribution in [2.45, 2.75) is 6.04 Å². The van der Waals surface area contributed by atoms with Gasteiger partial charge in [0.1, 0.15) is 12.4 Å². The minimum Gasteiger partial charge on any atom is -0.491 e. The number of ether oxygens (including phenoxy) is 1. The molecule has 0 aromatic heterocycles. The fourth-order valence-electron chi connectivity index (χ4n) is 1.21. The first-order valence-electron chi connectivity index (χ1n) is 3.45. The number of benzene rings is 1. The second kappa shape index (κ2) is 3.64. The first-order chi connectivity index (χ1) is 5.27. The molecule has 1 aliphatic heterocycles. The lowest BCUT2D eigenvalue weighted by Crippen LogP contribution is -2.10. The highest BCUT2D eigenvalue weighted by Crippen LogP contribution is 2.32. The lowest BCUT2D eigenvalue weighted by molar-refractivity contribution is 0.333. The summed E-state index contributed by atoms with van der Waals surface area (Å²) in [4.78, 5) is 0. The Morgan fingerprint density at radius 1 is 1.50 bits per heavy atom. The summed E-state index contributed by atoms with van der Waals surface area (Å²) in [5, 5.41) is 0. The number of halogens is 2. The first kappa shape index (κ1) is 9.84. The Kier molecular flexibility index (Phi) is 2.99. The van der Waals surface area contributed by atoms with Crippen molar-refractivity contribution in [3.63, 3.8) is 0 Å².